The minimum absolute atomic E-state index is 0.271. The van der Waals surface area contributed by atoms with E-state index in [0.29, 0.717) is 16.7 Å². The third-order valence-corrected chi connectivity index (χ3v) is 2.73. The van der Waals surface area contributed by atoms with Crippen LogP contribution in [-0.2, 0) is 0 Å². The fraction of sp³-hybridized carbons (Fsp3) is 0.250. The van der Waals surface area contributed by atoms with E-state index in [1.165, 1.54) is 18.2 Å². The number of hydrogen-bond donors (Lipinski definition) is 1. The molecule has 0 aliphatic rings. The van der Waals surface area contributed by atoms with Crippen LogP contribution in [0.1, 0.15) is 19.9 Å². The van der Waals surface area contributed by atoms with E-state index in [-0.39, 0.29) is 11.9 Å². The number of hydrogen-bond acceptors (Lipinski definition) is 2. The summed E-state index contributed by atoms with van der Waals surface area (Å²) in [5.41, 5.74) is 0.514. The summed E-state index contributed by atoms with van der Waals surface area (Å²) in [6.07, 6.45) is 3.55. The molecule has 1 aromatic heterocycles. The first-order valence-corrected chi connectivity index (χ1v) is 5.70. The molecule has 1 heterocycles. The Hall–Kier alpha value is -1.55. The first-order valence-electron chi connectivity index (χ1n) is 5.33. The van der Waals surface area contributed by atoms with E-state index in [2.05, 4.69) is 10.3 Å². The van der Waals surface area contributed by atoms with E-state index in [1.54, 1.807) is 6.20 Å². The number of imidazole rings is 1. The van der Waals surface area contributed by atoms with Gasteiger partial charge in [-0.1, -0.05) is 11.6 Å². The number of nitrogens with zero attached hydrogens (tertiary/aromatic N) is 2. The zero-order valence-corrected chi connectivity index (χ0v) is 10.4. The van der Waals surface area contributed by atoms with Gasteiger partial charge in [0.05, 0.1) is 10.7 Å². The van der Waals surface area contributed by atoms with Crippen LogP contribution < -0.4 is 5.32 Å². The molecule has 1 N–H and O–H groups in total. The number of anilines is 2. The van der Waals surface area contributed by atoms with Gasteiger partial charge in [0.25, 0.3) is 0 Å². The Kier molecular flexibility index (Phi) is 3.33. The van der Waals surface area contributed by atoms with Gasteiger partial charge in [0.15, 0.2) is 0 Å². The maximum Gasteiger partial charge on any atom is 0.207 e. The molecule has 0 saturated carbocycles. The molecule has 0 unspecified atom stereocenters. The summed E-state index contributed by atoms with van der Waals surface area (Å²) in [5, 5.41) is 3.49. The molecule has 0 amide bonds. The Morgan fingerprint density at radius 3 is 2.88 bits per heavy atom. The molecule has 0 saturated heterocycles. The van der Waals surface area contributed by atoms with Crippen molar-refractivity contribution in [2.24, 2.45) is 0 Å². The molecule has 1 aromatic carbocycles. The molecule has 2 aromatic rings. The van der Waals surface area contributed by atoms with Crippen molar-refractivity contribution >= 4 is 23.2 Å². The van der Waals surface area contributed by atoms with E-state index >= 15 is 0 Å². The molecule has 17 heavy (non-hydrogen) atoms. The summed E-state index contributed by atoms with van der Waals surface area (Å²) in [4.78, 5) is 4.17. The van der Waals surface area contributed by atoms with Crippen LogP contribution in [0.4, 0.5) is 16.0 Å². The number of benzene rings is 1. The van der Waals surface area contributed by atoms with Crippen LogP contribution in [0.2, 0.25) is 5.02 Å². The monoisotopic (exact) mass is 253 g/mol. The van der Waals surface area contributed by atoms with Gasteiger partial charge in [-0.15, -0.1) is 0 Å². The highest BCUT2D eigenvalue weighted by atomic mass is 35.5. The van der Waals surface area contributed by atoms with Crippen LogP contribution in [-0.4, -0.2) is 9.55 Å². The second-order valence-electron chi connectivity index (χ2n) is 4.00. The van der Waals surface area contributed by atoms with E-state index in [9.17, 15) is 4.39 Å². The van der Waals surface area contributed by atoms with Gasteiger partial charge in [0, 0.05) is 18.4 Å². The standard InChI is InChI=1S/C12H13ClFN3/c1-8(2)17-6-5-15-12(17)16-11-7-9(14)3-4-10(11)13/h3-8H,1-2H3,(H,15,16). The maximum atomic E-state index is 13.1. The summed E-state index contributed by atoms with van der Waals surface area (Å²) in [6.45, 7) is 4.08. The molecule has 3 nitrogen and oxygen atoms in total. The summed E-state index contributed by atoms with van der Waals surface area (Å²) in [6, 6.07) is 4.46. The predicted molar refractivity (Wildman–Crippen MR) is 67.3 cm³/mol. The molecule has 5 heteroatoms. The first-order chi connectivity index (χ1) is 8.08. The Balaban J connectivity index is 2.31. The number of nitrogens with one attached hydrogen (secondary N) is 1. The topological polar surface area (TPSA) is 29.9 Å². The minimum Gasteiger partial charge on any atom is -0.324 e. The lowest BCUT2D eigenvalue weighted by atomic mass is 10.3. The summed E-state index contributed by atoms with van der Waals surface area (Å²) < 4.78 is 15.1. The molecule has 0 aliphatic carbocycles. The highest BCUT2D eigenvalue weighted by Gasteiger charge is 2.08. The Bertz CT molecular complexity index is 522. The lowest BCUT2D eigenvalue weighted by Crippen LogP contribution is -2.05. The molecule has 0 fully saturated rings. The summed E-state index contributed by atoms with van der Waals surface area (Å²) in [7, 11) is 0. The van der Waals surface area contributed by atoms with Crippen molar-refractivity contribution in [1.29, 1.82) is 0 Å². The minimum atomic E-state index is -0.334. The second kappa shape index (κ2) is 4.75. The smallest absolute Gasteiger partial charge is 0.207 e. The molecule has 0 bridgehead atoms. The van der Waals surface area contributed by atoms with Crippen molar-refractivity contribution < 1.29 is 4.39 Å². The highest BCUT2D eigenvalue weighted by Crippen LogP contribution is 2.26. The normalized spacial score (nSPS) is 10.9. The van der Waals surface area contributed by atoms with Crippen molar-refractivity contribution in [3.05, 3.63) is 41.4 Å². The van der Waals surface area contributed by atoms with E-state index in [4.69, 9.17) is 11.6 Å². The first kappa shape index (κ1) is 11.9. The van der Waals surface area contributed by atoms with Gasteiger partial charge in [0.2, 0.25) is 5.95 Å². The second-order valence-corrected chi connectivity index (χ2v) is 4.41. The average molecular weight is 254 g/mol. The Morgan fingerprint density at radius 2 is 2.18 bits per heavy atom. The molecular weight excluding hydrogens is 241 g/mol. The lowest BCUT2D eigenvalue weighted by molar-refractivity contribution is 0.607. The lowest BCUT2D eigenvalue weighted by Gasteiger charge is -2.13. The Morgan fingerprint density at radius 1 is 1.41 bits per heavy atom. The molecule has 0 atom stereocenters. The number of halogens is 2. The molecule has 0 radical (unpaired) electrons. The number of aromatic nitrogens is 2. The van der Waals surface area contributed by atoms with Crippen LogP contribution in [0.15, 0.2) is 30.6 Å². The molecule has 0 spiro atoms. The van der Waals surface area contributed by atoms with Gasteiger partial charge in [-0.2, -0.15) is 0 Å². The zero-order valence-electron chi connectivity index (χ0n) is 9.61. The van der Waals surface area contributed by atoms with Crippen molar-refractivity contribution in [3.8, 4) is 0 Å². The predicted octanol–water partition coefficient (Wildman–Crippen LogP) is 4.00. The fourth-order valence-electron chi connectivity index (χ4n) is 1.54. The third-order valence-electron chi connectivity index (χ3n) is 2.40. The average Bonchev–Trinajstić information content (AvgIpc) is 2.71. The number of rotatable bonds is 3. The SMILES string of the molecule is CC(C)n1ccnc1Nc1cc(F)ccc1Cl. The van der Waals surface area contributed by atoms with Crippen LogP contribution in [0.25, 0.3) is 0 Å². The van der Waals surface area contributed by atoms with Crippen molar-refractivity contribution in [2.45, 2.75) is 19.9 Å². The zero-order chi connectivity index (χ0) is 12.4. The molecular formula is C12H13ClFN3. The van der Waals surface area contributed by atoms with Crippen molar-refractivity contribution in [2.75, 3.05) is 5.32 Å². The summed E-state index contributed by atoms with van der Waals surface area (Å²) >= 11 is 5.98. The largest absolute Gasteiger partial charge is 0.324 e. The van der Waals surface area contributed by atoms with Crippen LogP contribution in [0.3, 0.4) is 0 Å². The van der Waals surface area contributed by atoms with Gasteiger partial charge in [-0.3, -0.25) is 0 Å². The quantitative estimate of drug-likeness (QED) is 0.896. The fourth-order valence-corrected chi connectivity index (χ4v) is 1.71. The van der Waals surface area contributed by atoms with E-state index in [0.717, 1.165) is 0 Å². The van der Waals surface area contributed by atoms with Gasteiger partial charge in [-0.05, 0) is 32.0 Å². The highest BCUT2D eigenvalue weighted by molar-refractivity contribution is 6.33. The van der Waals surface area contributed by atoms with Crippen molar-refractivity contribution in [3.63, 3.8) is 0 Å². The van der Waals surface area contributed by atoms with Gasteiger partial charge < -0.3 is 9.88 Å². The van der Waals surface area contributed by atoms with Gasteiger partial charge in [0.1, 0.15) is 5.82 Å². The van der Waals surface area contributed by atoms with Crippen LogP contribution in [0, 0.1) is 5.82 Å². The van der Waals surface area contributed by atoms with E-state index < -0.39 is 0 Å². The van der Waals surface area contributed by atoms with Gasteiger partial charge >= 0.3 is 0 Å². The maximum absolute atomic E-state index is 13.1. The molecule has 0 aliphatic heterocycles. The van der Waals surface area contributed by atoms with Crippen molar-refractivity contribution in [1.82, 2.24) is 9.55 Å². The third kappa shape index (κ3) is 2.58. The van der Waals surface area contributed by atoms with Gasteiger partial charge in [-0.25, -0.2) is 9.37 Å². The van der Waals surface area contributed by atoms with Crippen LogP contribution in [0.5, 0.6) is 0 Å². The molecule has 90 valence electrons. The van der Waals surface area contributed by atoms with E-state index in [1.807, 2.05) is 24.6 Å². The van der Waals surface area contributed by atoms with Crippen LogP contribution >= 0.6 is 11.6 Å². The summed E-state index contributed by atoms with van der Waals surface area (Å²) in [5.74, 6) is 0.312. The Labute approximate surface area is 104 Å². The molecule has 2 rings (SSSR count).